The molecule has 2 bridgehead atoms. The summed E-state index contributed by atoms with van der Waals surface area (Å²) < 4.78 is 5.81. The number of fused-ring (bicyclic) bond motifs is 2. The lowest BCUT2D eigenvalue weighted by molar-refractivity contribution is -0.130. The second-order valence-electron chi connectivity index (χ2n) is 7.65. The van der Waals surface area contributed by atoms with E-state index < -0.39 is 11.7 Å². The number of hydrogen-bond donors (Lipinski definition) is 1. The third-order valence-corrected chi connectivity index (χ3v) is 6.06. The highest BCUT2D eigenvalue weighted by molar-refractivity contribution is 6.30. The van der Waals surface area contributed by atoms with E-state index in [1.54, 1.807) is 0 Å². The number of Topliss-reactive ketones (excluding diaryl/α,β-unsaturated/α-hetero) is 1. The molecule has 0 aromatic heterocycles. The Morgan fingerprint density at radius 2 is 2.00 bits per heavy atom. The standard InChI is InChI=1S/C23H23ClO3/c1-4-14-5-6-15(17-8-7-16(24)11-13(17)2)12-18(14)20-21(25)19-9-10-23(3,27-19)22(20)26/h5-8,11-12,19,26H,4,9-10H2,1-3H3. The van der Waals surface area contributed by atoms with Crippen LogP contribution in [0.5, 0.6) is 0 Å². The summed E-state index contributed by atoms with van der Waals surface area (Å²) in [6.07, 6.45) is 1.64. The zero-order valence-corrected chi connectivity index (χ0v) is 16.6. The number of ether oxygens (including phenoxy) is 1. The number of carbonyl (C=O) groups is 1. The number of benzene rings is 2. The maximum atomic E-state index is 13.0. The van der Waals surface area contributed by atoms with Gasteiger partial charge in [0.05, 0.1) is 5.57 Å². The van der Waals surface area contributed by atoms with E-state index >= 15 is 0 Å². The van der Waals surface area contributed by atoms with Crippen LogP contribution in [0.2, 0.25) is 5.02 Å². The monoisotopic (exact) mass is 382 g/mol. The minimum absolute atomic E-state index is 0.0703. The summed E-state index contributed by atoms with van der Waals surface area (Å²) in [5.41, 5.74) is 4.67. The maximum Gasteiger partial charge on any atom is 0.195 e. The van der Waals surface area contributed by atoms with Crippen molar-refractivity contribution in [3.63, 3.8) is 0 Å². The Kier molecular flexibility index (Phi) is 4.40. The molecule has 2 aromatic rings. The molecule has 2 unspecified atom stereocenters. The maximum absolute atomic E-state index is 13.0. The number of halogens is 1. The lowest BCUT2D eigenvalue weighted by Crippen LogP contribution is -2.37. The van der Waals surface area contributed by atoms with Gasteiger partial charge in [0, 0.05) is 5.02 Å². The van der Waals surface area contributed by atoms with Gasteiger partial charge < -0.3 is 9.84 Å². The number of rotatable bonds is 3. The number of aliphatic hydroxyl groups is 1. The largest absolute Gasteiger partial charge is 0.508 e. The molecule has 0 spiro atoms. The van der Waals surface area contributed by atoms with Gasteiger partial charge in [0.15, 0.2) is 5.78 Å². The highest BCUT2D eigenvalue weighted by atomic mass is 35.5. The Morgan fingerprint density at radius 1 is 1.22 bits per heavy atom. The van der Waals surface area contributed by atoms with E-state index in [4.69, 9.17) is 16.3 Å². The average molecular weight is 383 g/mol. The highest BCUT2D eigenvalue weighted by Crippen LogP contribution is 2.45. The van der Waals surface area contributed by atoms with E-state index in [-0.39, 0.29) is 11.5 Å². The molecule has 0 radical (unpaired) electrons. The Balaban J connectivity index is 1.91. The summed E-state index contributed by atoms with van der Waals surface area (Å²) in [6.45, 7) is 5.95. The van der Waals surface area contributed by atoms with Crippen LogP contribution in [0, 0.1) is 6.92 Å². The summed E-state index contributed by atoms with van der Waals surface area (Å²) in [5.74, 6) is -0.0388. The van der Waals surface area contributed by atoms with Crippen LogP contribution < -0.4 is 0 Å². The lowest BCUT2D eigenvalue weighted by atomic mass is 9.86. The van der Waals surface area contributed by atoms with Crippen LogP contribution in [0.3, 0.4) is 0 Å². The smallest absolute Gasteiger partial charge is 0.195 e. The Labute approximate surface area is 164 Å². The highest BCUT2D eigenvalue weighted by Gasteiger charge is 2.50. The molecular formula is C23H23ClO3. The topological polar surface area (TPSA) is 46.5 Å². The molecule has 27 heavy (non-hydrogen) atoms. The first kappa shape index (κ1) is 18.3. The molecule has 4 heteroatoms. The van der Waals surface area contributed by atoms with Crippen LogP contribution in [0.15, 0.2) is 42.2 Å². The molecule has 3 nitrogen and oxygen atoms in total. The van der Waals surface area contributed by atoms with E-state index in [0.29, 0.717) is 23.4 Å². The first-order chi connectivity index (χ1) is 12.8. The van der Waals surface area contributed by atoms with Crippen LogP contribution in [0.25, 0.3) is 16.7 Å². The molecule has 0 aliphatic carbocycles. The van der Waals surface area contributed by atoms with Gasteiger partial charge in [-0.25, -0.2) is 0 Å². The Hall–Kier alpha value is -2.10. The molecule has 1 fully saturated rings. The fraction of sp³-hybridized carbons (Fsp3) is 0.348. The molecule has 140 valence electrons. The number of aryl methyl sites for hydroxylation is 2. The molecule has 1 saturated heterocycles. The number of hydrogen-bond acceptors (Lipinski definition) is 3. The van der Waals surface area contributed by atoms with Crippen molar-refractivity contribution in [1.82, 2.24) is 0 Å². The molecule has 2 aliphatic rings. The third kappa shape index (κ3) is 2.90. The van der Waals surface area contributed by atoms with Gasteiger partial charge >= 0.3 is 0 Å². The van der Waals surface area contributed by atoms with Crippen LogP contribution in [-0.4, -0.2) is 22.6 Å². The SMILES string of the molecule is CCc1ccc(-c2ccc(Cl)cc2C)cc1C1=C(O)C2(C)CCC(O2)C1=O. The van der Waals surface area contributed by atoms with Gasteiger partial charge in [-0.2, -0.15) is 0 Å². The molecule has 2 heterocycles. The number of aliphatic hydroxyl groups excluding tert-OH is 1. The fourth-order valence-electron chi connectivity index (χ4n) is 4.24. The Bertz CT molecular complexity index is 976. The van der Waals surface area contributed by atoms with E-state index in [1.807, 2.05) is 44.2 Å². The predicted octanol–water partition coefficient (Wildman–Crippen LogP) is 5.67. The average Bonchev–Trinajstić information content (AvgIpc) is 3.01. The molecular weight excluding hydrogens is 360 g/mol. The van der Waals surface area contributed by atoms with Gasteiger partial charge in [-0.05, 0) is 79.1 Å². The molecule has 2 aromatic carbocycles. The van der Waals surface area contributed by atoms with Crippen molar-refractivity contribution in [1.29, 1.82) is 0 Å². The lowest BCUT2D eigenvalue weighted by Gasteiger charge is -2.31. The first-order valence-electron chi connectivity index (χ1n) is 9.39. The van der Waals surface area contributed by atoms with E-state index in [9.17, 15) is 9.90 Å². The van der Waals surface area contributed by atoms with Crippen molar-refractivity contribution in [2.45, 2.75) is 51.7 Å². The predicted molar refractivity (Wildman–Crippen MR) is 108 cm³/mol. The van der Waals surface area contributed by atoms with Gasteiger partial charge in [0.25, 0.3) is 0 Å². The third-order valence-electron chi connectivity index (χ3n) is 5.82. The summed E-state index contributed by atoms with van der Waals surface area (Å²) in [7, 11) is 0. The van der Waals surface area contributed by atoms with Crippen molar-refractivity contribution in [3.8, 4) is 11.1 Å². The summed E-state index contributed by atoms with van der Waals surface area (Å²) >= 11 is 6.10. The van der Waals surface area contributed by atoms with Crippen molar-refractivity contribution in [3.05, 3.63) is 63.9 Å². The van der Waals surface area contributed by atoms with E-state index in [1.165, 1.54) is 0 Å². The summed E-state index contributed by atoms with van der Waals surface area (Å²) in [5, 5.41) is 11.6. The molecule has 2 atom stereocenters. The minimum Gasteiger partial charge on any atom is -0.508 e. The van der Waals surface area contributed by atoms with Crippen LogP contribution in [-0.2, 0) is 16.0 Å². The van der Waals surface area contributed by atoms with E-state index in [2.05, 4.69) is 13.0 Å². The molecule has 1 N–H and O–H groups in total. The second kappa shape index (κ2) is 6.50. The normalized spacial score (nSPS) is 24.6. The number of ketones is 1. The van der Waals surface area contributed by atoms with Crippen LogP contribution in [0.4, 0.5) is 0 Å². The van der Waals surface area contributed by atoms with Gasteiger partial charge in [-0.3, -0.25) is 4.79 Å². The Morgan fingerprint density at radius 3 is 2.70 bits per heavy atom. The molecule has 2 aliphatic heterocycles. The molecule has 0 saturated carbocycles. The van der Waals surface area contributed by atoms with Gasteiger partial charge in [0.1, 0.15) is 17.5 Å². The van der Waals surface area contributed by atoms with Gasteiger partial charge in [-0.1, -0.05) is 36.7 Å². The zero-order valence-electron chi connectivity index (χ0n) is 15.8. The fourth-order valence-corrected chi connectivity index (χ4v) is 4.46. The second-order valence-corrected chi connectivity index (χ2v) is 8.09. The van der Waals surface area contributed by atoms with Crippen LogP contribution >= 0.6 is 11.6 Å². The van der Waals surface area contributed by atoms with Crippen molar-refractivity contribution < 1.29 is 14.6 Å². The quantitative estimate of drug-likeness (QED) is 0.744. The van der Waals surface area contributed by atoms with Gasteiger partial charge in [-0.15, -0.1) is 0 Å². The zero-order chi connectivity index (χ0) is 19.3. The minimum atomic E-state index is -0.759. The van der Waals surface area contributed by atoms with Crippen molar-refractivity contribution >= 4 is 23.0 Å². The number of carbonyl (C=O) groups excluding carboxylic acids is 1. The summed E-state index contributed by atoms with van der Waals surface area (Å²) in [6, 6.07) is 11.9. The van der Waals surface area contributed by atoms with Gasteiger partial charge in [0.2, 0.25) is 0 Å². The summed E-state index contributed by atoms with van der Waals surface area (Å²) in [4.78, 5) is 13.0. The van der Waals surface area contributed by atoms with Crippen molar-refractivity contribution in [2.75, 3.05) is 0 Å². The van der Waals surface area contributed by atoms with Crippen molar-refractivity contribution in [2.24, 2.45) is 0 Å². The van der Waals surface area contributed by atoms with E-state index in [0.717, 1.165) is 34.2 Å². The first-order valence-corrected chi connectivity index (χ1v) is 9.77. The molecule has 0 amide bonds. The molecule has 4 rings (SSSR count). The van der Waals surface area contributed by atoms with Crippen LogP contribution in [0.1, 0.15) is 43.4 Å².